The van der Waals surface area contributed by atoms with Crippen LogP contribution in [0.3, 0.4) is 0 Å². The first kappa shape index (κ1) is 15.1. The molecule has 1 N–H and O–H groups in total. The molecule has 0 aromatic carbocycles. The molecular formula is C17H16ClN5O. The number of nitrogens with one attached hydrogen (secondary N) is 1. The molecule has 122 valence electrons. The Balaban J connectivity index is 1.59. The van der Waals surface area contributed by atoms with Gasteiger partial charge in [-0.2, -0.15) is 5.10 Å². The van der Waals surface area contributed by atoms with E-state index >= 15 is 0 Å². The summed E-state index contributed by atoms with van der Waals surface area (Å²) in [6.45, 7) is 2.06. The number of aromatic nitrogens is 4. The summed E-state index contributed by atoms with van der Waals surface area (Å²) in [5.41, 5.74) is 2.97. The second-order valence-corrected chi connectivity index (χ2v) is 6.46. The van der Waals surface area contributed by atoms with Crippen molar-refractivity contribution in [3.63, 3.8) is 0 Å². The zero-order valence-electron chi connectivity index (χ0n) is 13.2. The number of pyridine rings is 2. The van der Waals surface area contributed by atoms with Crippen LogP contribution in [0.2, 0.25) is 5.02 Å². The van der Waals surface area contributed by atoms with Gasteiger partial charge in [0.25, 0.3) is 0 Å². The fourth-order valence-corrected chi connectivity index (χ4v) is 3.03. The summed E-state index contributed by atoms with van der Waals surface area (Å²) in [6.07, 6.45) is 5.72. The van der Waals surface area contributed by atoms with Gasteiger partial charge in [0.1, 0.15) is 12.4 Å². The molecular weight excluding hydrogens is 326 g/mol. The largest absolute Gasteiger partial charge is 0.309 e. The van der Waals surface area contributed by atoms with Gasteiger partial charge < -0.3 is 5.32 Å². The van der Waals surface area contributed by atoms with Gasteiger partial charge in [-0.15, -0.1) is 0 Å². The number of rotatable bonds is 4. The van der Waals surface area contributed by atoms with Crippen LogP contribution in [0.15, 0.2) is 30.6 Å². The third-order valence-electron chi connectivity index (χ3n) is 4.15. The highest BCUT2D eigenvalue weighted by molar-refractivity contribution is 6.30. The quantitative estimate of drug-likeness (QED) is 0.790. The molecule has 4 rings (SSSR count). The van der Waals surface area contributed by atoms with E-state index in [0.29, 0.717) is 16.8 Å². The molecule has 0 aliphatic heterocycles. The predicted octanol–water partition coefficient (Wildman–Crippen LogP) is 3.30. The average Bonchev–Trinajstić information content (AvgIpc) is 3.36. The van der Waals surface area contributed by atoms with Crippen LogP contribution < -0.4 is 5.32 Å². The first-order chi connectivity index (χ1) is 11.6. The van der Waals surface area contributed by atoms with Crippen LogP contribution >= 0.6 is 11.6 Å². The molecule has 3 heterocycles. The summed E-state index contributed by atoms with van der Waals surface area (Å²) in [4.78, 5) is 20.8. The van der Waals surface area contributed by atoms with E-state index in [4.69, 9.17) is 11.6 Å². The van der Waals surface area contributed by atoms with Crippen molar-refractivity contribution in [2.75, 3.05) is 5.32 Å². The molecule has 1 aliphatic carbocycles. The average molecular weight is 342 g/mol. The van der Waals surface area contributed by atoms with Gasteiger partial charge >= 0.3 is 0 Å². The minimum atomic E-state index is -0.201. The molecule has 1 aliphatic rings. The molecule has 1 fully saturated rings. The van der Waals surface area contributed by atoms with Crippen molar-refractivity contribution in [3.8, 4) is 0 Å². The van der Waals surface area contributed by atoms with E-state index < -0.39 is 0 Å². The smallest absolute Gasteiger partial charge is 0.247 e. The lowest BCUT2D eigenvalue weighted by atomic mass is 10.1. The summed E-state index contributed by atoms with van der Waals surface area (Å²) < 4.78 is 1.65. The lowest BCUT2D eigenvalue weighted by molar-refractivity contribution is -0.116. The van der Waals surface area contributed by atoms with E-state index in [0.717, 1.165) is 16.7 Å². The summed E-state index contributed by atoms with van der Waals surface area (Å²) in [5.74, 6) is 0.871. The minimum absolute atomic E-state index is 0.0930. The Morgan fingerprint density at radius 1 is 1.33 bits per heavy atom. The topological polar surface area (TPSA) is 72.7 Å². The van der Waals surface area contributed by atoms with Crippen LogP contribution in [0.25, 0.3) is 11.0 Å². The maximum Gasteiger partial charge on any atom is 0.247 e. The number of hydrogen-bond donors (Lipinski definition) is 1. The predicted molar refractivity (Wildman–Crippen MR) is 92.1 cm³/mol. The first-order valence-corrected chi connectivity index (χ1v) is 8.23. The Labute approximate surface area is 143 Å². The molecule has 1 amide bonds. The van der Waals surface area contributed by atoms with Crippen LogP contribution in [-0.4, -0.2) is 25.7 Å². The highest BCUT2D eigenvalue weighted by Gasteiger charge is 2.27. The fourth-order valence-electron chi connectivity index (χ4n) is 2.92. The van der Waals surface area contributed by atoms with Gasteiger partial charge in [0.05, 0.1) is 10.7 Å². The number of fused-ring (bicyclic) bond motifs is 1. The van der Waals surface area contributed by atoms with Crippen molar-refractivity contribution in [1.29, 1.82) is 0 Å². The van der Waals surface area contributed by atoms with Gasteiger partial charge in [0.2, 0.25) is 5.91 Å². The van der Waals surface area contributed by atoms with Gasteiger partial charge in [-0.1, -0.05) is 11.6 Å². The Hall–Kier alpha value is -2.47. The number of carbonyl (C=O) groups excluding carboxylic acids is 1. The Morgan fingerprint density at radius 3 is 2.88 bits per heavy atom. The molecule has 0 unspecified atom stereocenters. The normalized spacial score (nSPS) is 14.1. The zero-order valence-corrected chi connectivity index (χ0v) is 13.9. The monoisotopic (exact) mass is 341 g/mol. The molecule has 0 spiro atoms. The number of carbonyl (C=O) groups is 1. The Morgan fingerprint density at radius 2 is 2.17 bits per heavy atom. The lowest BCUT2D eigenvalue weighted by Gasteiger charge is -2.06. The summed E-state index contributed by atoms with van der Waals surface area (Å²) in [5, 5.41) is 8.86. The molecule has 6 nitrogen and oxygen atoms in total. The van der Waals surface area contributed by atoms with Crippen LogP contribution in [0.4, 0.5) is 5.82 Å². The number of anilines is 1. The third-order valence-corrected chi connectivity index (χ3v) is 4.37. The molecule has 7 heteroatoms. The molecule has 24 heavy (non-hydrogen) atoms. The minimum Gasteiger partial charge on any atom is -0.309 e. The van der Waals surface area contributed by atoms with Crippen molar-refractivity contribution in [3.05, 3.63) is 46.9 Å². The van der Waals surface area contributed by atoms with E-state index in [1.54, 1.807) is 23.0 Å². The highest BCUT2D eigenvalue weighted by Crippen LogP contribution is 2.43. The van der Waals surface area contributed by atoms with E-state index in [-0.39, 0.29) is 12.5 Å². The highest BCUT2D eigenvalue weighted by atomic mass is 35.5. The van der Waals surface area contributed by atoms with Gasteiger partial charge in [0.15, 0.2) is 5.65 Å². The Bertz CT molecular complexity index is 915. The molecule has 0 bridgehead atoms. The van der Waals surface area contributed by atoms with Crippen molar-refractivity contribution < 1.29 is 4.79 Å². The molecule has 3 aromatic rings. The van der Waals surface area contributed by atoms with Crippen LogP contribution in [0, 0.1) is 6.92 Å². The Kier molecular flexibility index (Phi) is 3.69. The second kappa shape index (κ2) is 5.87. The van der Waals surface area contributed by atoms with Crippen molar-refractivity contribution in [2.45, 2.75) is 32.2 Å². The lowest BCUT2D eigenvalue weighted by Crippen LogP contribution is -2.20. The SMILES string of the molecule is Cc1nn(CC(=O)Nc2ccc(Cl)cn2)c2nccc(C3CC3)c12. The van der Waals surface area contributed by atoms with Gasteiger partial charge in [-0.05, 0) is 49.4 Å². The maximum atomic E-state index is 12.3. The molecule has 1 saturated carbocycles. The molecule has 0 atom stereocenters. The zero-order chi connectivity index (χ0) is 16.7. The van der Waals surface area contributed by atoms with Crippen molar-refractivity contribution >= 4 is 34.4 Å². The molecule has 0 saturated heterocycles. The van der Waals surface area contributed by atoms with Crippen LogP contribution in [0.1, 0.15) is 30.0 Å². The van der Waals surface area contributed by atoms with Crippen LogP contribution in [0.5, 0.6) is 0 Å². The van der Waals surface area contributed by atoms with Gasteiger partial charge in [-0.3, -0.25) is 4.79 Å². The summed E-state index contributed by atoms with van der Waals surface area (Å²) in [6, 6.07) is 5.41. The summed E-state index contributed by atoms with van der Waals surface area (Å²) in [7, 11) is 0. The number of hydrogen-bond acceptors (Lipinski definition) is 4. The number of nitrogens with zero attached hydrogens (tertiary/aromatic N) is 4. The molecule has 3 aromatic heterocycles. The van der Waals surface area contributed by atoms with E-state index in [1.807, 2.05) is 6.92 Å². The van der Waals surface area contributed by atoms with Crippen molar-refractivity contribution in [1.82, 2.24) is 19.7 Å². The van der Waals surface area contributed by atoms with E-state index in [2.05, 4.69) is 26.4 Å². The maximum absolute atomic E-state index is 12.3. The number of halogens is 1. The van der Waals surface area contributed by atoms with Crippen LogP contribution in [-0.2, 0) is 11.3 Å². The third kappa shape index (κ3) is 2.85. The van der Waals surface area contributed by atoms with Gasteiger partial charge in [0, 0.05) is 17.8 Å². The molecule has 0 radical (unpaired) electrons. The number of amides is 1. The fraction of sp³-hybridized carbons (Fsp3) is 0.294. The second-order valence-electron chi connectivity index (χ2n) is 6.03. The first-order valence-electron chi connectivity index (χ1n) is 7.85. The summed E-state index contributed by atoms with van der Waals surface area (Å²) >= 11 is 5.79. The standard InChI is InChI=1S/C17H16ClN5O/c1-10-16-13(11-2-3-11)6-7-19-17(16)23(22-10)9-15(24)21-14-5-4-12(18)8-20-14/h4-8,11H,2-3,9H2,1H3,(H,20,21,24). The number of aryl methyl sites for hydroxylation is 1. The van der Waals surface area contributed by atoms with Gasteiger partial charge in [-0.25, -0.2) is 14.6 Å². The van der Waals surface area contributed by atoms with E-state index in [1.165, 1.54) is 24.6 Å². The van der Waals surface area contributed by atoms with Crippen molar-refractivity contribution in [2.24, 2.45) is 0 Å². The van der Waals surface area contributed by atoms with E-state index in [9.17, 15) is 4.79 Å².